The quantitative estimate of drug-likeness (QED) is 0.830. The molecule has 104 valence electrons. The molecule has 3 nitrogen and oxygen atoms in total. The van der Waals surface area contributed by atoms with Gasteiger partial charge in [0, 0.05) is 17.2 Å². The van der Waals surface area contributed by atoms with E-state index in [9.17, 15) is 18.3 Å². The zero-order valence-corrected chi connectivity index (χ0v) is 10.8. The van der Waals surface area contributed by atoms with E-state index in [2.05, 4.69) is 10.5 Å². The number of benzene rings is 1. The van der Waals surface area contributed by atoms with Crippen molar-refractivity contribution in [3.63, 3.8) is 0 Å². The summed E-state index contributed by atoms with van der Waals surface area (Å²) in [5.41, 5.74) is 3.15. The van der Waals surface area contributed by atoms with E-state index in [-0.39, 0.29) is 22.8 Å². The third-order valence-corrected chi connectivity index (χ3v) is 3.21. The van der Waals surface area contributed by atoms with Crippen molar-refractivity contribution >= 4 is 17.3 Å². The van der Waals surface area contributed by atoms with Crippen LogP contribution in [0.3, 0.4) is 0 Å². The molecule has 2 atom stereocenters. The van der Waals surface area contributed by atoms with Crippen molar-refractivity contribution in [1.29, 1.82) is 0 Å². The van der Waals surface area contributed by atoms with Gasteiger partial charge in [-0.05, 0) is 30.7 Å². The number of nitrogens with zero attached hydrogens (tertiary/aromatic N) is 1. The van der Waals surface area contributed by atoms with Crippen LogP contribution in [-0.4, -0.2) is 17.0 Å². The molecular weight excluding hydrogens is 281 g/mol. The molecule has 0 spiro atoms. The number of phenolic OH excluding ortho intramolecular Hbond substituents is 1. The molecule has 0 amide bonds. The standard InChI is InChI=1S/C12H12ClF3N2O/c1-6-2-10(12(14,15)16)11(18-17-6)7-3-8(13)5-9(19)4-7/h3-5,10-11,18-19H,2H2,1H3/t10?,11-/m0/s1. The molecule has 1 aromatic rings. The van der Waals surface area contributed by atoms with Crippen molar-refractivity contribution in [2.24, 2.45) is 11.0 Å². The first-order chi connectivity index (χ1) is 8.77. The van der Waals surface area contributed by atoms with Gasteiger partial charge in [0.1, 0.15) is 5.75 Å². The highest BCUT2D eigenvalue weighted by atomic mass is 35.5. The van der Waals surface area contributed by atoms with Crippen LogP contribution in [-0.2, 0) is 0 Å². The van der Waals surface area contributed by atoms with Crippen molar-refractivity contribution in [2.75, 3.05) is 0 Å². The molecule has 0 saturated carbocycles. The van der Waals surface area contributed by atoms with Gasteiger partial charge in [-0.1, -0.05) is 11.6 Å². The lowest BCUT2D eigenvalue weighted by Gasteiger charge is -2.32. The highest BCUT2D eigenvalue weighted by Gasteiger charge is 2.47. The zero-order valence-electron chi connectivity index (χ0n) is 10.0. The maximum Gasteiger partial charge on any atom is 0.394 e. The van der Waals surface area contributed by atoms with Crippen LogP contribution in [0.1, 0.15) is 24.9 Å². The van der Waals surface area contributed by atoms with Gasteiger partial charge in [-0.2, -0.15) is 18.3 Å². The van der Waals surface area contributed by atoms with Gasteiger partial charge in [0.25, 0.3) is 0 Å². The molecular formula is C12H12ClF3N2O. The number of alkyl halides is 3. The Labute approximate surface area is 113 Å². The van der Waals surface area contributed by atoms with Crippen LogP contribution in [0.4, 0.5) is 13.2 Å². The normalized spacial score (nSPS) is 23.7. The minimum Gasteiger partial charge on any atom is -0.508 e. The summed E-state index contributed by atoms with van der Waals surface area (Å²) in [4.78, 5) is 0. The number of halogens is 4. The predicted octanol–water partition coefficient (Wildman–Crippen LogP) is 3.63. The monoisotopic (exact) mass is 292 g/mol. The molecule has 0 saturated heterocycles. The van der Waals surface area contributed by atoms with Crippen LogP contribution < -0.4 is 5.43 Å². The topological polar surface area (TPSA) is 44.6 Å². The summed E-state index contributed by atoms with van der Waals surface area (Å²) in [6.07, 6.45) is -4.53. The largest absolute Gasteiger partial charge is 0.508 e. The molecule has 0 radical (unpaired) electrons. The lowest BCUT2D eigenvalue weighted by molar-refractivity contribution is -0.182. The van der Waals surface area contributed by atoms with Crippen LogP contribution in [0, 0.1) is 5.92 Å². The Hall–Kier alpha value is -1.43. The molecule has 19 heavy (non-hydrogen) atoms. The molecule has 0 bridgehead atoms. The van der Waals surface area contributed by atoms with Crippen molar-refractivity contribution in [3.8, 4) is 5.75 Å². The second-order valence-electron chi connectivity index (χ2n) is 4.55. The molecule has 2 N–H and O–H groups in total. The van der Waals surface area contributed by atoms with Gasteiger partial charge in [0.15, 0.2) is 0 Å². The number of nitrogens with one attached hydrogen (secondary N) is 1. The predicted molar refractivity (Wildman–Crippen MR) is 66.3 cm³/mol. The second kappa shape index (κ2) is 4.92. The number of phenols is 1. The molecule has 1 aliphatic rings. The Morgan fingerprint density at radius 3 is 2.63 bits per heavy atom. The van der Waals surface area contributed by atoms with Crippen molar-refractivity contribution < 1.29 is 18.3 Å². The Morgan fingerprint density at radius 2 is 2.05 bits per heavy atom. The summed E-state index contributed by atoms with van der Waals surface area (Å²) in [5, 5.41) is 13.5. The summed E-state index contributed by atoms with van der Waals surface area (Å²) in [6, 6.07) is 2.88. The summed E-state index contributed by atoms with van der Waals surface area (Å²) in [7, 11) is 0. The minimum absolute atomic E-state index is 0.170. The summed E-state index contributed by atoms with van der Waals surface area (Å²) in [6.45, 7) is 1.54. The van der Waals surface area contributed by atoms with E-state index in [0.29, 0.717) is 5.71 Å². The number of aromatic hydroxyl groups is 1. The summed E-state index contributed by atoms with van der Waals surface area (Å²) >= 11 is 5.76. The molecule has 1 aliphatic heterocycles. The van der Waals surface area contributed by atoms with Gasteiger partial charge in [-0.3, -0.25) is 0 Å². The Kier molecular flexibility index (Phi) is 3.62. The van der Waals surface area contributed by atoms with Crippen LogP contribution in [0.15, 0.2) is 23.3 Å². The molecule has 1 unspecified atom stereocenters. The van der Waals surface area contributed by atoms with Gasteiger partial charge in [-0.15, -0.1) is 0 Å². The van der Waals surface area contributed by atoms with Gasteiger partial charge in [0.2, 0.25) is 0 Å². The molecule has 1 aromatic carbocycles. The summed E-state index contributed by atoms with van der Waals surface area (Å²) in [5.74, 6) is -1.76. The summed E-state index contributed by atoms with van der Waals surface area (Å²) < 4.78 is 39.2. The third-order valence-electron chi connectivity index (χ3n) is 3.00. The smallest absolute Gasteiger partial charge is 0.394 e. The first-order valence-electron chi connectivity index (χ1n) is 5.62. The fourth-order valence-corrected chi connectivity index (χ4v) is 2.38. The fourth-order valence-electron chi connectivity index (χ4n) is 2.14. The zero-order chi connectivity index (χ0) is 14.2. The first-order valence-corrected chi connectivity index (χ1v) is 6.00. The van der Waals surface area contributed by atoms with E-state index >= 15 is 0 Å². The van der Waals surface area contributed by atoms with Gasteiger partial charge < -0.3 is 10.5 Å². The van der Waals surface area contributed by atoms with Crippen molar-refractivity contribution in [2.45, 2.75) is 25.6 Å². The first kappa shape index (κ1) is 14.0. The number of hydrogen-bond donors (Lipinski definition) is 2. The Bertz CT molecular complexity index is 496. The number of hydrogen-bond acceptors (Lipinski definition) is 3. The van der Waals surface area contributed by atoms with Gasteiger partial charge >= 0.3 is 6.18 Å². The van der Waals surface area contributed by atoms with E-state index in [1.54, 1.807) is 0 Å². The average molecular weight is 293 g/mol. The lowest BCUT2D eigenvalue weighted by Crippen LogP contribution is -2.40. The third kappa shape index (κ3) is 3.12. The molecule has 7 heteroatoms. The van der Waals surface area contributed by atoms with Gasteiger partial charge in [0.05, 0.1) is 12.0 Å². The fraction of sp³-hybridized carbons (Fsp3) is 0.417. The van der Waals surface area contributed by atoms with Crippen molar-refractivity contribution in [3.05, 3.63) is 28.8 Å². The molecule has 0 aliphatic carbocycles. The average Bonchev–Trinajstić information content (AvgIpc) is 2.26. The highest BCUT2D eigenvalue weighted by Crippen LogP contribution is 2.41. The Morgan fingerprint density at radius 1 is 1.37 bits per heavy atom. The van der Waals surface area contributed by atoms with E-state index in [0.717, 1.165) is 0 Å². The SMILES string of the molecule is CC1=NN[C@@H](c2cc(O)cc(Cl)c2)C(C(F)(F)F)C1. The number of rotatable bonds is 1. The molecule has 0 fully saturated rings. The molecule has 0 aromatic heterocycles. The van der Waals surface area contributed by atoms with E-state index in [1.165, 1.54) is 25.1 Å². The van der Waals surface area contributed by atoms with Crippen LogP contribution in [0.2, 0.25) is 5.02 Å². The van der Waals surface area contributed by atoms with Crippen LogP contribution >= 0.6 is 11.6 Å². The lowest BCUT2D eigenvalue weighted by atomic mass is 9.87. The van der Waals surface area contributed by atoms with Gasteiger partial charge in [-0.25, -0.2) is 0 Å². The maximum atomic E-state index is 13.1. The minimum atomic E-state index is -4.35. The molecule has 1 heterocycles. The van der Waals surface area contributed by atoms with Crippen LogP contribution in [0.5, 0.6) is 5.75 Å². The second-order valence-corrected chi connectivity index (χ2v) is 4.99. The van der Waals surface area contributed by atoms with E-state index in [1.807, 2.05) is 0 Å². The molecule has 2 rings (SSSR count). The van der Waals surface area contributed by atoms with E-state index < -0.39 is 18.1 Å². The van der Waals surface area contributed by atoms with E-state index in [4.69, 9.17) is 11.6 Å². The van der Waals surface area contributed by atoms with Crippen LogP contribution in [0.25, 0.3) is 0 Å². The number of hydrazone groups is 1. The van der Waals surface area contributed by atoms with Crippen molar-refractivity contribution in [1.82, 2.24) is 5.43 Å². The maximum absolute atomic E-state index is 13.1. The Balaban J connectivity index is 2.40. The highest BCUT2D eigenvalue weighted by molar-refractivity contribution is 6.30.